The van der Waals surface area contributed by atoms with E-state index in [9.17, 15) is 18.0 Å². The second-order valence-corrected chi connectivity index (χ2v) is 8.22. The number of sulfonamides is 1. The average molecular weight is 351 g/mol. The van der Waals surface area contributed by atoms with Gasteiger partial charge in [-0.1, -0.05) is 30.3 Å². The van der Waals surface area contributed by atoms with Crippen molar-refractivity contribution in [2.75, 3.05) is 32.4 Å². The fourth-order valence-electron chi connectivity index (χ4n) is 3.28. The molecule has 0 aliphatic carbocycles. The van der Waals surface area contributed by atoms with E-state index in [-0.39, 0.29) is 38.0 Å². The lowest BCUT2D eigenvalue weighted by molar-refractivity contribution is -0.156. The smallest absolute Gasteiger partial charge is 0.246 e. The van der Waals surface area contributed by atoms with Crippen LogP contribution in [0.25, 0.3) is 0 Å². The van der Waals surface area contributed by atoms with Gasteiger partial charge in [-0.25, -0.2) is 12.7 Å². The maximum Gasteiger partial charge on any atom is 0.246 e. The molecule has 1 atom stereocenters. The number of benzene rings is 1. The van der Waals surface area contributed by atoms with E-state index < -0.39 is 16.1 Å². The molecule has 2 saturated heterocycles. The molecule has 7 nitrogen and oxygen atoms in total. The molecule has 0 saturated carbocycles. The molecule has 2 aliphatic rings. The molecule has 130 valence electrons. The van der Waals surface area contributed by atoms with Crippen molar-refractivity contribution in [3.8, 4) is 0 Å². The summed E-state index contributed by atoms with van der Waals surface area (Å²) < 4.78 is 24.8. The van der Waals surface area contributed by atoms with Gasteiger partial charge in [0.1, 0.15) is 12.6 Å². The standard InChI is InChI=1S/C16H21N3O4S/c1-24(22,23)18-8-7-14-16(21)17(11-13-5-3-2-4-6-13)12-15(20)19(14)10-9-18/h2-6,14H,7-12H2,1H3. The van der Waals surface area contributed by atoms with Crippen molar-refractivity contribution in [1.82, 2.24) is 14.1 Å². The van der Waals surface area contributed by atoms with Crippen LogP contribution in [0, 0.1) is 0 Å². The van der Waals surface area contributed by atoms with E-state index in [0.29, 0.717) is 13.0 Å². The number of rotatable bonds is 3. The van der Waals surface area contributed by atoms with E-state index in [4.69, 9.17) is 0 Å². The molecular weight excluding hydrogens is 330 g/mol. The lowest BCUT2D eigenvalue weighted by atomic mass is 10.1. The van der Waals surface area contributed by atoms with E-state index >= 15 is 0 Å². The molecule has 2 amide bonds. The topological polar surface area (TPSA) is 78.0 Å². The molecule has 8 heteroatoms. The minimum absolute atomic E-state index is 0.0447. The molecule has 24 heavy (non-hydrogen) atoms. The van der Waals surface area contributed by atoms with Crippen LogP contribution in [0.15, 0.2) is 30.3 Å². The van der Waals surface area contributed by atoms with Crippen molar-refractivity contribution < 1.29 is 18.0 Å². The third kappa shape index (κ3) is 3.44. The summed E-state index contributed by atoms with van der Waals surface area (Å²) in [5, 5.41) is 0. The zero-order chi connectivity index (χ0) is 17.3. The van der Waals surface area contributed by atoms with Crippen LogP contribution < -0.4 is 0 Å². The van der Waals surface area contributed by atoms with Crippen molar-refractivity contribution in [2.24, 2.45) is 0 Å². The number of carbonyl (C=O) groups excluding carboxylic acids is 2. The second-order valence-electron chi connectivity index (χ2n) is 6.23. The second kappa shape index (κ2) is 6.52. The summed E-state index contributed by atoms with van der Waals surface area (Å²) in [5.41, 5.74) is 0.971. The highest BCUT2D eigenvalue weighted by atomic mass is 32.2. The van der Waals surface area contributed by atoms with Gasteiger partial charge in [0.15, 0.2) is 0 Å². The SMILES string of the molecule is CS(=O)(=O)N1CCC2C(=O)N(Cc3ccccc3)CC(=O)N2CC1. The van der Waals surface area contributed by atoms with Gasteiger partial charge in [0.25, 0.3) is 0 Å². The largest absolute Gasteiger partial charge is 0.328 e. The molecule has 2 heterocycles. The van der Waals surface area contributed by atoms with E-state index in [1.807, 2.05) is 30.3 Å². The van der Waals surface area contributed by atoms with Gasteiger partial charge in [-0.2, -0.15) is 0 Å². The van der Waals surface area contributed by atoms with Crippen LogP contribution in [-0.4, -0.2) is 72.8 Å². The Labute approximate surface area is 141 Å². The van der Waals surface area contributed by atoms with Crippen LogP contribution in [0.1, 0.15) is 12.0 Å². The Morgan fingerprint density at radius 1 is 1.08 bits per heavy atom. The van der Waals surface area contributed by atoms with Crippen LogP contribution in [0.2, 0.25) is 0 Å². The Bertz CT molecular complexity index is 735. The molecule has 0 N–H and O–H groups in total. The summed E-state index contributed by atoms with van der Waals surface area (Å²) in [5.74, 6) is -0.223. The maximum absolute atomic E-state index is 12.8. The van der Waals surface area contributed by atoms with Crippen molar-refractivity contribution in [1.29, 1.82) is 0 Å². The van der Waals surface area contributed by atoms with Gasteiger partial charge in [-0.15, -0.1) is 0 Å². The van der Waals surface area contributed by atoms with E-state index in [1.54, 1.807) is 4.90 Å². The van der Waals surface area contributed by atoms with Gasteiger partial charge in [0.05, 0.1) is 6.26 Å². The van der Waals surface area contributed by atoms with E-state index in [0.717, 1.165) is 11.8 Å². The number of carbonyl (C=O) groups is 2. The zero-order valence-electron chi connectivity index (χ0n) is 13.6. The minimum atomic E-state index is -3.32. The Balaban J connectivity index is 1.77. The molecule has 3 rings (SSSR count). The number of nitrogens with zero attached hydrogens (tertiary/aromatic N) is 3. The van der Waals surface area contributed by atoms with Crippen molar-refractivity contribution in [3.63, 3.8) is 0 Å². The first kappa shape index (κ1) is 16.9. The molecule has 2 fully saturated rings. The molecule has 2 aliphatic heterocycles. The average Bonchev–Trinajstić information content (AvgIpc) is 2.76. The summed E-state index contributed by atoms with van der Waals surface area (Å²) in [4.78, 5) is 28.3. The maximum atomic E-state index is 12.8. The highest BCUT2D eigenvalue weighted by Gasteiger charge is 2.41. The predicted octanol–water partition coefficient (Wildman–Crippen LogP) is -0.109. The Hall–Kier alpha value is -1.93. The molecular formula is C16H21N3O4S. The van der Waals surface area contributed by atoms with Gasteiger partial charge in [0.2, 0.25) is 21.8 Å². The van der Waals surface area contributed by atoms with Gasteiger partial charge >= 0.3 is 0 Å². The van der Waals surface area contributed by atoms with Crippen LogP contribution in [0.5, 0.6) is 0 Å². The summed E-state index contributed by atoms with van der Waals surface area (Å²) in [6.07, 6.45) is 1.49. The Morgan fingerprint density at radius 2 is 1.79 bits per heavy atom. The molecule has 1 unspecified atom stereocenters. The van der Waals surface area contributed by atoms with E-state index in [1.165, 1.54) is 9.21 Å². The summed E-state index contributed by atoms with van der Waals surface area (Å²) in [7, 11) is -3.32. The predicted molar refractivity (Wildman–Crippen MR) is 88.4 cm³/mol. The third-order valence-corrected chi connectivity index (χ3v) is 5.85. The Morgan fingerprint density at radius 3 is 2.46 bits per heavy atom. The fourth-order valence-corrected chi connectivity index (χ4v) is 4.13. The molecule has 0 radical (unpaired) electrons. The van der Waals surface area contributed by atoms with Crippen LogP contribution in [0.4, 0.5) is 0 Å². The van der Waals surface area contributed by atoms with Crippen LogP contribution in [0.3, 0.4) is 0 Å². The quantitative estimate of drug-likeness (QED) is 0.761. The molecule has 1 aromatic carbocycles. The summed E-state index contributed by atoms with van der Waals surface area (Å²) in [6, 6.07) is 8.97. The number of hydrogen-bond acceptors (Lipinski definition) is 4. The zero-order valence-corrected chi connectivity index (χ0v) is 14.4. The highest BCUT2D eigenvalue weighted by molar-refractivity contribution is 7.88. The number of amides is 2. The van der Waals surface area contributed by atoms with Gasteiger partial charge in [-0.3, -0.25) is 9.59 Å². The first-order chi connectivity index (χ1) is 11.4. The number of piperazine rings is 1. The first-order valence-electron chi connectivity index (χ1n) is 7.93. The minimum Gasteiger partial charge on any atom is -0.328 e. The summed E-state index contributed by atoms with van der Waals surface area (Å²) in [6.45, 7) is 1.21. The molecule has 0 aromatic heterocycles. The van der Waals surface area contributed by atoms with Crippen LogP contribution in [-0.2, 0) is 26.2 Å². The van der Waals surface area contributed by atoms with Crippen molar-refractivity contribution in [3.05, 3.63) is 35.9 Å². The van der Waals surface area contributed by atoms with Crippen molar-refractivity contribution in [2.45, 2.75) is 19.0 Å². The lowest BCUT2D eigenvalue weighted by Gasteiger charge is -2.39. The van der Waals surface area contributed by atoms with Crippen LogP contribution >= 0.6 is 0 Å². The van der Waals surface area contributed by atoms with E-state index in [2.05, 4.69) is 0 Å². The van der Waals surface area contributed by atoms with Gasteiger partial charge < -0.3 is 9.80 Å². The third-order valence-electron chi connectivity index (χ3n) is 4.55. The lowest BCUT2D eigenvalue weighted by Crippen LogP contribution is -2.59. The molecule has 1 aromatic rings. The fraction of sp³-hybridized carbons (Fsp3) is 0.500. The van der Waals surface area contributed by atoms with Crippen molar-refractivity contribution >= 4 is 21.8 Å². The Kier molecular flexibility index (Phi) is 4.60. The normalized spacial score (nSPS) is 23.1. The first-order valence-corrected chi connectivity index (χ1v) is 9.78. The van der Waals surface area contributed by atoms with Gasteiger partial charge in [0, 0.05) is 26.2 Å². The highest BCUT2D eigenvalue weighted by Crippen LogP contribution is 2.21. The molecule has 0 spiro atoms. The number of hydrogen-bond donors (Lipinski definition) is 0. The summed E-state index contributed by atoms with van der Waals surface area (Å²) >= 11 is 0. The van der Waals surface area contributed by atoms with Gasteiger partial charge in [-0.05, 0) is 12.0 Å². The number of fused-ring (bicyclic) bond motifs is 1. The molecule has 0 bridgehead atoms. The monoisotopic (exact) mass is 351 g/mol.